The number of hydrogen-bond acceptors (Lipinski definition) is 2. The molecule has 3 nitrogen and oxygen atoms in total. The predicted molar refractivity (Wildman–Crippen MR) is 135 cm³/mol. The zero-order valence-corrected chi connectivity index (χ0v) is 20.6. The summed E-state index contributed by atoms with van der Waals surface area (Å²) in [6.45, 7) is 2.27. The first-order chi connectivity index (χ1) is 15.1. The largest absolute Gasteiger partial charge is 0.272 e. The summed E-state index contributed by atoms with van der Waals surface area (Å²) in [5.41, 5.74) is 1.42. The molecule has 31 heavy (non-hydrogen) atoms. The van der Waals surface area contributed by atoms with E-state index in [-0.39, 0.29) is 5.91 Å². The average molecular weight is 466 g/mol. The molecule has 0 aliphatic carbocycles. The fraction of sp³-hybridized carbons (Fsp3) is 0.615. The standard InChI is InChI=1S/C26H38Cl2N2O/c1-2-3-4-5-6-7-8-9-10-11-12-13-14-15-16-18-22-21-25(31)30(29-22)26-23(27)19-17-20-24(26)28/h9-10,17,19-20H,2-8,11-16,18,21H2,1H3/b10-9-. The molecule has 172 valence electrons. The van der Waals surface area contributed by atoms with Crippen molar-refractivity contribution >= 4 is 40.5 Å². The van der Waals surface area contributed by atoms with Crippen LogP contribution < -0.4 is 5.01 Å². The monoisotopic (exact) mass is 464 g/mol. The van der Waals surface area contributed by atoms with Crippen molar-refractivity contribution in [2.75, 3.05) is 5.01 Å². The van der Waals surface area contributed by atoms with E-state index in [2.05, 4.69) is 24.2 Å². The SMILES string of the molecule is CCCCCCCC/C=C\CCCCCCCC1=NN(c2c(Cl)cccc2Cl)C(=O)C1. The first-order valence-corrected chi connectivity index (χ1v) is 12.9. The van der Waals surface area contributed by atoms with E-state index in [4.69, 9.17) is 23.2 Å². The van der Waals surface area contributed by atoms with Crippen molar-refractivity contribution in [1.29, 1.82) is 0 Å². The molecule has 1 heterocycles. The summed E-state index contributed by atoms with van der Waals surface area (Å²) in [6, 6.07) is 5.23. The van der Waals surface area contributed by atoms with Crippen molar-refractivity contribution in [2.24, 2.45) is 5.10 Å². The van der Waals surface area contributed by atoms with E-state index in [0.717, 1.165) is 18.6 Å². The number of anilines is 1. The molecule has 0 fully saturated rings. The van der Waals surface area contributed by atoms with Gasteiger partial charge in [0.15, 0.2) is 0 Å². The molecule has 2 rings (SSSR count). The number of hydrogen-bond donors (Lipinski definition) is 0. The lowest BCUT2D eigenvalue weighted by molar-refractivity contribution is -0.116. The van der Waals surface area contributed by atoms with Crippen molar-refractivity contribution in [3.8, 4) is 0 Å². The highest BCUT2D eigenvalue weighted by molar-refractivity contribution is 6.40. The summed E-state index contributed by atoms with van der Waals surface area (Å²) >= 11 is 12.4. The Balaban J connectivity index is 1.52. The first-order valence-electron chi connectivity index (χ1n) is 12.1. The van der Waals surface area contributed by atoms with E-state index < -0.39 is 0 Å². The van der Waals surface area contributed by atoms with Gasteiger partial charge in [-0.25, -0.2) is 0 Å². The van der Waals surface area contributed by atoms with Gasteiger partial charge < -0.3 is 0 Å². The van der Waals surface area contributed by atoms with Crippen molar-refractivity contribution in [3.05, 3.63) is 40.4 Å². The normalized spacial score (nSPS) is 14.1. The Morgan fingerprint density at radius 2 is 1.42 bits per heavy atom. The second-order valence-electron chi connectivity index (χ2n) is 8.45. The summed E-state index contributed by atoms with van der Waals surface area (Å²) in [7, 11) is 0. The van der Waals surface area contributed by atoms with Crippen LogP contribution in [0.2, 0.25) is 10.0 Å². The van der Waals surface area contributed by atoms with Gasteiger partial charge >= 0.3 is 0 Å². The Morgan fingerprint density at radius 1 is 0.871 bits per heavy atom. The van der Waals surface area contributed by atoms with Crippen molar-refractivity contribution < 1.29 is 4.79 Å². The Labute approximate surface area is 198 Å². The molecule has 0 saturated carbocycles. The van der Waals surface area contributed by atoms with Crippen molar-refractivity contribution in [3.63, 3.8) is 0 Å². The topological polar surface area (TPSA) is 32.7 Å². The Bertz CT molecular complexity index is 710. The van der Waals surface area contributed by atoms with E-state index >= 15 is 0 Å². The van der Waals surface area contributed by atoms with E-state index in [1.54, 1.807) is 18.2 Å². The quantitative estimate of drug-likeness (QED) is 0.177. The van der Waals surface area contributed by atoms with Gasteiger partial charge in [0.1, 0.15) is 5.69 Å². The summed E-state index contributed by atoms with van der Waals surface area (Å²) < 4.78 is 0. The number of unbranched alkanes of at least 4 members (excludes halogenated alkanes) is 11. The second-order valence-corrected chi connectivity index (χ2v) is 9.27. The Morgan fingerprint density at radius 3 is 2.03 bits per heavy atom. The number of allylic oxidation sites excluding steroid dienone is 2. The molecular weight excluding hydrogens is 427 g/mol. The van der Waals surface area contributed by atoms with E-state index in [0.29, 0.717) is 22.2 Å². The first kappa shape index (κ1) is 25.9. The smallest absolute Gasteiger partial charge is 0.253 e. The lowest BCUT2D eigenvalue weighted by atomic mass is 10.1. The number of carbonyl (C=O) groups is 1. The molecule has 1 aromatic rings. The average Bonchev–Trinajstić information content (AvgIpc) is 3.11. The van der Waals surface area contributed by atoms with Crippen LogP contribution >= 0.6 is 23.2 Å². The highest BCUT2D eigenvalue weighted by atomic mass is 35.5. The molecule has 0 saturated heterocycles. The molecule has 1 aliphatic heterocycles. The molecule has 1 aliphatic rings. The molecule has 0 N–H and O–H groups in total. The van der Waals surface area contributed by atoms with Crippen LogP contribution in [0.1, 0.15) is 103 Å². The number of halogens is 2. The minimum Gasteiger partial charge on any atom is -0.272 e. The number of nitrogens with zero attached hydrogens (tertiary/aromatic N) is 2. The number of carbonyl (C=O) groups excluding carboxylic acids is 1. The maximum absolute atomic E-state index is 12.3. The highest BCUT2D eigenvalue weighted by Gasteiger charge is 2.27. The molecule has 0 bridgehead atoms. The maximum Gasteiger partial charge on any atom is 0.253 e. The van der Waals surface area contributed by atoms with Gasteiger partial charge in [-0.3, -0.25) is 4.79 Å². The van der Waals surface area contributed by atoms with Gasteiger partial charge in [0.2, 0.25) is 0 Å². The molecule has 1 aromatic carbocycles. The second kappa shape index (κ2) is 15.5. The maximum atomic E-state index is 12.3. The third-order valence-corrected chi connectivity index (χ3v) is 6.32. The molecule has 5 heteroatoms. The minimum atomic E-state index is -0.0576. The number of para-hydroxylation sites is 1. The van der Waals surface area contributed by atoms with E-state index in [1.165, 1.54) is 82.1 Å². The van der Waals surface area contributed by atoms with Gasteiger partial charge in [-0.05, 0) is 50.7 Å². The fourth-order valence-electron chi connectivity index (χ4n) is 3.89. The van der Waals surface area contributed by atoms with Crippen LogP contribution in [0.4, 0.5) is 5.69 Å². The van der Waals surface area contributed by atoms with Gasteiger partial charge in [-0.1, -0.05) is 99.7 Å². The lowest BCUT2D eigenvalue weighted by Crippen LogP contribution is -2.20. The van der Waals surface area contributed by atoms with Crippen LogP contribution in [0.3, 0.4) is 0 Å². The van der Waals surface area contributed by atoms with Gasteiger partial charge in [0.25, 0.3) is 5.91 Å². The van der Waals surface area contributed by atoms with Crippen LogP contribution in [0.25, 0.3) is 0 Å². The van der Waals surface area contributed by atoms with Gasteiger partial charge in [-0.15, -0.1) is 0 Å². The highest BCUT2D eigenvalue weighted by Crippen LogP contribution is 2.36. The lowest BCUT2D eigenvalue weighted by Gasteiger charge is -2.14. The van der Waals surface area contributed by atoms with E-state index in [1.807, 2.05) is 0 Å². The van der Waals surface area contributed by atoms with Crippen molar-refractivity contribution in [2.45, 2.75) is 103 Å². The zero-order valence-electron chi connectivity index (χ0n) is 19.1. The van der Waals surface area contributed by atoms with Crippen LogP contribution in [0.5, 0.6) is 0 Å². The predicted octanol–water partition coefficient (Wildman–Crippen LogP) is 9.12. The number of benzene rings is 1. The van der Waals surface area contributed by atoms with Gasteiger partial charge in [0.05, 0.1) is 16.5 Å². The number of hydrazone groups is 1. The summed E-state index contributed by atoms with van der Waals surface area (Å²) in [4.78, 5) is 12.3. The van der Waals surface area contributed by atoms with Gasteiger partial charge in [-0.2, -0.15) is 10.1 Å². The fourth-order valence-corrected chi connectivity index (χ4v) is 4.44. The third-order valence-electron chi connectivity index (χ3n) is 5.71. The molecule has 0 spiro atoms. The molecule has 0 radical (unpaired) electrons. The Kier molecular flexibility index (Phi) is 12.9. The Hall–Kier alpha value is -1.32. The van der Waals surface area contributed by atoms with Gasteiger partial charge in [0, 0.05) is 5.71 Å². The summed E-state index contributed by atoms with van der Waals surface area (Å²) in [6.07, 6.45) is 22.7. The molecule has 0 atom stereocenters. The molecular formula is C26H38Cl2N2O. The summed E-state index contributed by atoms with van der Waals surface area (Å²) in [5, 5.41) is 6.76. The zero-order chi connectivity index (χ0) is 22.3. The third kappa shape index (κ3) is 9.78. The molecule has 0 aromatic heterocycles. The van der Waals surface area contributed by atoms with Crippen LogP contribution in [0, 0.1) is 0 Å². The molecule has 0 unspecified atom stereocenters. The molecule has 1 amide bonds. The van der Waals surface area contributed by atoms with E-state index in [9.17, 15) is 4.79 Å². The summed E-state index contributed by atoms with van der Waals surface area (Å²) in [5.74, 6) is -0.0576. The van der Waals surface area contributed by atoms with Crippen LogP contribution in [-0.2, 0) is 4.79 Å². The van der Waals surface area contributed by atoms with Crippen LogP contribution in [-0.4, -0.2) is 11.6 Å². The minimum absolute atomic E-state index is 0.0576. The van der Waals surface area contributed by atoms with Crippen molar-refractivity contribution in [1.82, 2.24) is 0 Å². The number of rotatable bonds is 16. The number of amides is 1. The van der Waals surface area contributed by atoms with Crippen LogP contribution in [0.15, 0.2) is 35.5 Å².